The molecule has 0 aliphatic rings. The van der Waals surface area contributed by atoms with Crippen molar-refractivity contribution in [2.75, 3.05) is 26.6 Å². The number of carbonyl (C=O) groups excluding carboxylic acids is 2. The highest BCUT2D eigenvalue weighted by molar-refractivity contribution is 7.17. The van der Waals surface area contributed by atoms with Crippen LogP contribution in [0.2, 0.25) is 5.02 Å². The van der Waals surface area contributed by atoms with Gasteiger partial charge in [-0.15, -0.1) is 11.3 Å². The van der Waals surface area contributed by atoms with Gasteiger partial charge in [0, 0.05) is 27.1 Å². The summed E-state index contributed by atoms with van der Waals surface area (Å²) < 4.78 is 15.4. The fourth-order valence-electron chi connectivity index (χ4n) is 3.03. The Morgan fingerprint density at radius 3 is 2.23 bits per heavy atom. The third-order valence-electron chi connectivity index (χ3n) is 4.43. The molecule has 0 saturated heterocycles. The number of esters is 1. The van der Waals surface area contributed by atoms with Crippen LogP contribution in [0.1, 0.15) is 25.6 Å². The second kappa shape index (κ2) is 9.19. The topological polar surface area (TPSA) is 73.9 Å². The fourth-order valence-corrected chi connectivity index (χ4v) is 4.28. The van der Waals surface area contributed by atoms with Crippen molar-refractivity contribution >= 4 is 39.8 Å². The molecule has 0 atom stereocenters. The van der Waals surface area contributed by atoms with Gasteiger partial charge in [-0.05, 0) is 36.8 Å². The van der Waals surface area contributed by atoms with Crippen molar-refractivity contribution in [1.29, 1.82) is 0 Å². The van der Waals surface area contributed by atoms with Gasteiger partial charge in [-0.25, -0.2) is 4.79 Å². The van der Waals surface area contributed by atoms with E-state index in [4.69, 9.17) is 25.8 Å². The molecule has 2 aromatic carbocycles. The SMILES string of the molecule is COC(=O)c1c(NC(=O)c2cc(OC)cc(OC)c2)sc(C)c1-c1cccc(Cl)c1. The third kappa shape index (κ3) is 4.42. The first-order valence-corrected chi connectivity index (χ1v) is 10.1. The van der Waals surface area contributed by atoms with Crippen LogP contribution in [-0.4, -0.2) is 33.2 Å². The lowest BCUT2D eigenvalue weighted by Gasteiger charge is -2.10. The van der Waals surface area contributed by atoms with Gasteiger partial charge >= 0.3 is 5.97 Å². The molecule has 156 valence electrons. The maximum absolute atomic E-state index is 12.9. The predicted molar refractivity (Wildman–Crippen MR) is 118 cm³/mol. The number of hydrogen-bond acceptors (Lipinski definition) is 6. The summed E-state index contributed by atoms with van der Waals surface area (Å²) in [5.41, 5.74) is 2.05. The number of benzene rings is 2. The van der Waals surface area contributed by atoms with Crippen LogP contribution in [0.3, 0.4) is 0 Å². The monoisotopic (exact) mass is 445 g/mol. The first-order chi connectivity index (χ1) is 14.4. The minimum Gasteiger partial charge on any atom is -0.497 e. The molecule has 0 radical (unpaired) electrons. The Morgan fingerprint density at radius 2 is 1.67 bits per heavy atom. The van der Waals surface area contributed by atoms with Crippen molar-refractivity contribution in [1.82, 2.24) is 0 Å². The van der Waals surface area contributed by atoms with Crippen molar-refractivity contribution in [2.45, 2.75) is 6.92 Å². The lowest BCUT2D eigenvalue weighted by atomic mass is 10.0. The summed E-state index contributed by atoms with van der Waals surface area (Å²) in [6.45, 7) is 1.87. The summed E-state index contributed by atoms with van der Waals surface area (Å²) in [5, 5.41) is 3.76. The minimum atomic E-state index is -0.548. The average molecular weight is 446 g/mol. The highest BCUT2D eigenvalue weighted by Gasteiger charge is 2.25. The number of halogens is 1. The number of ether oxygens (including phenoxy) is 3. The van der Waals surface area contributed by atoms with Crippen molar-refractivity contribution in [3.63, 3.8) is 0 Å². The molecule has 1 amide bonds. The zero-order chi connectivity index (χ0) is 21.8. The van der Waals surface area contributed by atoms with Crippen molar-refractivity contribution in [2.24, 2.45) is 0 Å². The van der Waals surface area contributed by atoms with Crippen LogP contribution in [-0.2, 0) is 4.74 Å². The number of carbonyl (C=O) groups is 2. The summed E-state index contributed by atoms with van der Waals surface area (Å²) in [6.07, 6.45) is 0. The molecule has 1 heterocycles. The molecular formula is C22H20ClNO5S. The number of rotatable bonds is 6. The number of hydrogen-bond donors (Lipinski definition) is 1. The third-order valence-corrected chi connectivity index (χ3v) is 5.68. The molecule has 3 aromatic rings. The number of thiophene rings is 1. The molecule has 0 saturated carbocycles. The number of aryl methyl sites for hydroxylation is 1. The second-order valence-corrected chi connectivity index (χ2v) is 7.96. The molecule has 6 nitrogen and oxygen atoms in total. The molecular weight excluding hydrogens is 426 g/mol. The first kappa shape index (κ1) is 21.7. The molecule has 0 unspecified atom stereocenters. The first-order valence-electron chi connectivity index (χ1n) is 8.90. The van der Waals surface area contributed by atoms with Gasteiger partial charge in [-0.3, -0.25) is 4.79 Å². The molecule has 0 aliphatic heterocycles. The summed E-state index contributed by atoms with van der Waals surface area (Å²) in [5.74, 6) is 0.00781. The van der Waals surface area contributed by atoms with Crippen LogP contribution in [0.5, 0.6) is 11.5 Å². The second-order valence-electron chi connectivity index (χ2n) is 6.29. The quantitative estimate of drug-likeness (QED) is 0.512. The van der Waals surface area contributed by atoms with Crippen LogP contribution < -0.4 is 14.8 Å². The van der Waals surface area contributed by atoms with E-state index in [9.17, 15) is 9.59 Å². The summed E-state index contributed by atoms with van der Waals surface area (Å²) in [4.78, 5) is 26.4. The Bertz CT molecular complexity index is 1090. The van der Waals surface area contributed by atoms with Crippen molar-refractivity contribution in [3.05, 3.63) is 63.5 Å². The van der Waals surface area contributed by atoms with Crippen molar-refractivity contribution < 1.29 is 23.8 Å². The van der Waals surface area contributed by atoms with Crippen LogP contribution in [0, 0.1) is 6.92 Å². The number of methoxy groups -OCH3 is 3. The summed E-state index contributed by atoms with van der Waals surface area (Å²) >= 11 is 7.42. The zero-order valence-electron chi connectivity index (χ0n) is 16.9. The average Bonchev–Trinajstić information content (AvgIpc) is 3.08. The van der Waals surface area contributed by atoms with E-state index in [1.165, 1.54) is 32.7 Å². The summed E-state index contributed by atoms with van der Waals surface area (Å²) in [6, 6.07) is 12.0. The molecule has 1 N–H and O–H groups in total. The molecule has 8 heteroatoms. The van der Waals surface area contributed by atoms with Gasteiger partial charge in [-0.1, -0.05) is 23.7 Å². The van der Waals surface area contributed by atoms with Gasteiger partial charge in [0.1, 0.15) is 22.1 Å². The van der Waals surface area contributed by atoms with E-state index in [0.29, 0.717) is 32.6 Å². The number of amides is 1. The van der Waals surface area contributed by atoms with Gasteiger partial charge < -0.3 is 19.5 Å². The Kier molecular flexibility index (Phi) is 6.64. The van der Waals surface area contributed by atoms with Gasteiger partial charge in [-0.2, -0.15) is 0 Å². The van der Waals surface area contributed by atoms with Gasteiger partial charge in [0.2, 0.25) is 0 Å². The van der Waals surface area contributed by atoms with Gasteiger partial charge in [0.15, 0.2) is 0 Å². The molecule has 0 fully saturated rings. The number of nitrogens with one attached hydrogen (secondary N) is 1. The van der Waals surface area contributed by atoms with E-state index in [-0.39, 0.29) is 5.56 Å². The van der Waals surface area contributed by atoms with Crippen molar-refractivity contribution in [3.8, 4) is 22.6 Å². The van der Waals surface area contributed by atoms with E-state index in [1.54, 1.807) is 36.4 Å². The van der Waals surface area contributed by atoms with Gasteiger partial charge in [0.05, 0.1) is 21.3 Å². The maximum atomic E-state index is 12.9. The summed E-state index contributed by atoms with van der Waals surface area (Å²) in [7, 11) is 4.31. The van der Waals surface area contributed by atoms with Crippen LogP contribution >= 0.6 is 22.9 Å². The van der Waals surface area contributed by atoms with Crippen LogP contribution in [0.25, 0.3) is 11.1 Å². The lowest BCUT2D eigenvalue weighted by molar-refractivity contribution is 0.0603. The van der Waals surface area contributed by atoms with E-state index < -0.39 is 11.9 Å². The van der Waals surface area contributed by atoms with E-state index >= 15 is 0 Å². The van der Waals surface area contributed by atoms with Crippen LogP contribution in [0.4, 0.5) is 5.00 Å². The highest BCUT2D eigenvalue weighted by atomic mass is 35.5. The zero-order valence-corrected chi connectivity index (χ0v) is 18.4. The van der Waals surface area contributed by atoms with E-state index in [1.807, 2.05) is 13.0 Å². The highest BCUT2D eigenvalue weighted by Crippen LogP contribution is 2.41. The predicted octanol–water partition coefficient (Wildman–Crippen LogP) is 5.43. The maximum Gasteiger partial charge on any atom is 0.341 e. The Hall–Kier alpha value is -3.03. The molecule has 3 rings (SSSR count). The molecule has 0 bridgehead atoms. The molecule has 1 aromatic heterocycles. The smallest absolute Gasteiger partial charge is 0.341 e. The van der Waals surface area contributed by atoms with Gasteiger partial charge in [0.25, 0.3) is 5.91 Å². The standard InChI is InChI=1S/C22H20ClNO5S/c1-12-18(13-6-5-7-15(23)8-13)19(22(26)29-4)21(30-12)24-20(25)14-9-16(27-2)11-17(10-14)28-3/h5-11H,1-4H3,(H,24,25). The number of anilines is 1. The van der Waals surface area contributed by atoms with E-state index in [2.05, 4.69) is 5.32 Å². The Morgan fingerprint density at radius 1 is 1.00 bits per heavy atom. The van der Waals surface area contributed by atoms with E-state index in [0.717, 1.165) is 10.4 Å². The molecule has 30 heavy (non-hydrogen) atoms. The Labute approximate surface area is 183 Å². The largest absolute Gasteiger partial charge is 0.497 e. The normalized spacial score (nSPS) is 10.4. The molecule has 0 spiro atoms. The fraction of sp³-hybridized carbons (Fsp3) is 0.182. The minimum absolute atomic E-state index is 0.283. The Balaban J connectivity index is 2.06. The lowest BCUT2D eigenvalue weighted by Crippen LogP contribution is -2.14. The van der Waals surface area contributed by atoms with Crippen LogP contribution in [0.15, 0.2) is 42.5 Å². The molecule has 0 aliphatic carbocycles.